The third-order valence-corrected chi connectivity index (χ3v) is 6.29. The van der Waals surface area contributed by atoms with E-state index >= 15 is 0 Å². The Morgan fingerprint density at radius 1 is 1.08 bits per heavy atom. The summed E-state index contributed by atoms with van der Waals surface area (Å²) < 4.78 is 5.83. The molecule has 2 rings (SSSR count). The van der Waals surface area contributed by atoms with E-state index in [0.29, 0.717) is 12.8 Å². The smallest absolute Gasteiger partial charge is 0.326 e. The van der Waals surface area contributed by atoms with Gasteiger partial charge < -0.3 is 31.9 Å². The molecule has 10 nitrogen and oxygen atoms in total. The highest BCUT2D eigenvalue weighted by molar-refractivity contribution is 6.31. The highest BCUT2D eigenvalue weighted by Crippen LogP contribution is 2.24. The minimum atomic E-state index is -1.23. The fourth-order valence-corrected chi connectivity index (χ4v) is 3.88. The zero-order valence-electron chi connectivity index (χ0n) is 21.5. The normalized spacial score (nSPS) is 14.0. The molecule has 2 aromatic carbocycles. The van der Waals surface area contributed by atoms with Crippen molar-refractivity contribution in [3.8, 4) is 5.75 Å². The molecular formula is C27H35ClN4O6. The van der Waals surface area contributed by atoms with Gasteiger partial charge in [0.25, 0.3) is 5.91 Å². The Hall–Kier alpha value is -3.63. The van der Waals surface area contributed by atoms with Crippen molar-refractivity contribution >= 4 is 35.3 Å². The lowest BCUT2D eigenvalue weighted by Gasteiger charge is -2.24. The number of halogens is 1. The van der Waals surface area contributed by atoms with E-state index in [2.05, 4.69) is 10.6 Å². The first-order valence-electron chi connectivity index (χ1n) is 12.4. The Kier molecular flexibility index (Phi) is 12.0. The van der Waals surface area contributed by atoms with E-state index in [9.17, 15) is 24.3 Å². The van der Waals surface area contributed by atoms with Crippen molar-refractivity contribution in [1.82, 2.24) is 10.6 Å². The second kappa shape index (κ2) is 14.9. The number of rotatable bonds is 15. The van der Waals surface area contributed by atoms with E-state index in [1.165, 1.54) is 12.1 Å². The largest absolute Gasteiger partial charge is 0.491 e. The van der Waals surface area contributed by atoms with Crippen LogP contribution in [0.5, 0.6) is 5.75 Å². The van der Waals surface area contributed by atoms with E-state index in [4.69, 9.17) is 27.8 Å². The van der Waals surface area contributed by atoms with Crippen LogP contribution < -0.4 is 26.8 Å². The van der Waals surface area contributed by atoms with Gasteiger partial charge in [-0.05, 0) is 42.5 Å². The number of amides is 3. The molecule has 0 bridgehead atoms. The van der Waals surface area contributed by atoms with Gasteiger partial charge in [-0.1, -0.05) is 62.2 Å². The van der Waals surface area contributed by atoms with E-state index in [1.54, 1.807) is 19.9 Å². The predicted molar refractivity (Wildman–Crippen MR) is 144 cm³/mol. The number of carboxylic acid groups (broad SMARTS) is 1. The summed E-state index contributed by atoms with van der Waals surface area (Å²) in [6.45, 7) is 3.59. The SMILES string of the molecule is CC[C@H](C)[C@H](NC(=O)[C@H](CCC(N)=O)NC(=O)c1cc(Cl)ccc1OC[C@H](N)Cc1ccccc1)C(=O)O. The van der Waals surface area contributed by atoms with Gasteiger partial charge in [0.2, 0.25) is 11.8 Å². The van der Waals surface area contributed by atoms with Crippen LogP contribution in [0.25, 0.3) is 0 Å². The summed E-state index contributed by atoms with van der Waals surface area (Å²) in [5.74, 6) is -3.48. The van der Waals surface area contributed by atoms with E-state index in [-0.39, 0.29) is 47.7 Å². The van der Waals surface area contributed by atoms with Gasteiger partial charge in [-0.2, -0.15) is 0 Å². The zero-order chi connectivity index (χ0) is 28.2. The second-order valence-electron chi connectivity index (χ2n) is 9.14. The van der Waals surface area contributed by atoms with E-state index in [0.717, 1.165) is 5.56 Å². The molecule has 0 fully saturated rings. The van der Waals surface area contributed by atoms with Crippen LogP contribution in [0.2, 0.25) is 5.02 Å². The number of benzene rings is 2. The monoisotopic (exact) mass is 546 g/mol. The van der Waals surface area contributed by atoms with Gasteiger partial charge in [0.15, 0.2) is 0 Å². The second-order valence-corrected chi connectivity index (χ2v) is 9.58. The first-order chi connectivity index (χ1) is 18.0. The highest BCUT2D eigenvalue weighted by atomic mass is 35.5. The lowest BCUT2D eigenvalue weighted by molar-refractivity contribution is -0.143. The van der Waals surface area contributed by atoms with Gasteiger partial charge in [0.1, 0.15) is 24.4 Å². The van der Waals surface area contributed by atoms with Gasteiger partial charge in [0.05, 0.1) is 5.56 Å². The molecule has 38 heavy (non-hydrogen) atoms. The molecule has 0 aliphatic heterocycles. The quantitative estimate of drug-likeness (QED) is 0.228. The van der Waals surface area contributed by atoms with Crippen LogP contribution in [0.4, 0.5) is 0 Å². The molecule has 4 atom stereocenters. The van der Waals surface area contributed by atoms with E-state index < -0.39 is 35.8 Å². The molecule has 206 valence electrons. The van der Waals surface area contributed by atoms with Crippen LogP contribution in [-0.2, 0) is 20.8 Å². The fraction of sp³-hybridized carbons (Fsp3) is 0.407. The van der Waals surface area contributed by atoms with Crippen molar-refractivity contribution in [3.63, 3.8) is 0 Å². The number of nitrogens with two attached hydrogens (primary N) is 2. The molecule has 0 saturated carbocycles. The Morgan fingerprint density at radius 2 is 1.76 bits per heavy atom. The lowest BCUT2D eigenvalue weighted by atomic mass is 9.98. The summed E-state index contributed by atoms with van der Waals surface area (Å²) in [4.78, 5) is 49.3. The first-order valence-corrected chi connectivity index (χ1v) is 12.7. The molecular weight excluding hydrogens is 512 g/mol. The summed E-state index contributed by atoms with van der Waals surface area (Å²) in [5, 5.41) is 14.8. The van der Waals surface area contributed by atoms with Gasteiger partial charge in [-0.25, -0.2) is 4.79 Å². The Bertz CT molecular complexity index is 1110. The number of hydrogen-bond acceptors (Lipinski definition) is 6. The summed E-state index contributed by atoms with van der Waals surface area (Å²) in [5.41, 5.74) is 12.5. The topological polar surface area (TPSA) is 174 Å². The Balaban J connectivity index is 2.18. The van der Waals surface area contributed by atoms with Gasteiger partial charge >= 0.3 is 5.97 Å². The summed E-state index contributed by atoms with van der Waals surface area (Å²) >= 11 is 6.12. The number of hydrogen-bond donors (Lipinski definition) is 5. The fourth-order valence-electron chi connectivity index (χ4n) is 3.71. The van der Waals surface area contributed by atoms with Crippen LogP contribution in [0, 0.1) is 5.92 Å². The molecule has 7 N–H and O–H groups in total. The molecule has 0 aliphatic rings. The number of ether oxygens (including phenoxy) is 1. The third-order valence-electron chi connectivity index (χ3n) is 6.06. The maximum atomic E-state index is 13.2. The van der Waals surface area contributed by atoms with Gasteiger partial charge in [0, 0.05) is 17.5 Å². The van der Waals surface area contributed by atoms with Crippen molar-refractivity contribution in [2.45, 2.75) is 57.7 Å². The average Bonchev–Trinajstić information content (AvgIpc) is 2.88. The van der Waals surface area contributed by atoms with E-state index in [1.807, 2.05) is 30.3 Å². The molecule has 0 saturated heterocycles. The number of carbonyl (C=O) groups is 4. The summed E-state index contributed by atoms with van der Waals surface area (Å²) in [7, 11) is 0. The summed E-state index contributed by atoms with van der Waals surface area (Å²) in [6.07, 6.45) is 0.739. The van der Waals surface area contributed by atoms with Gasteiger partial charge in [-0.3, -0.25) is 14.4 Å². The number of nitrogens with one attached hydrogen (secondary N) is 2. The molecule has 0 radical (unpaired) electrons. The Morgan fingerprint density at radius 3 is 2.37 bits per heavy atom. The van der Waals surface area contributed by atoms with Crippen LogP contribution in [0.3, 0.4) is 0 Å². The minimum absolute atomic E-state index is 0.0537. The zero-order valence-corrected chi connectivity index (χ0v) is 22.2. The maximum absolute atomic E-state index is 13.2. The van der Waals surface area contributed by atoms with Crippen LogP contribution >= 0.6 is 11.6 Å². The standard InChI is InChI=1S/C27H35ClN4O6/c1-3-16(2)24(27(36)37)32-26(35)21(10-12-23(30)33)31-25(34)20-14-18(28)9-11-22(20)38-15-19(29)13-17-7-5-4-6-8-17/h4-9,11,14,16,19,21,24H,3,10,12-13,15,29H2,1-2H3,(H2,30,33)(H,31,34)(H,32,35)(H,36,37)/t16-,19+,21-,24-/m0/s1. The van der Waals surface area contributed by atoms with Crippen molar-refractivity contribution in [1.29, 1.82) is 0 Å². The first kappa shape index (κ1) is 30.6. The number of aliphatic carboxylic acids is 1. The van der Waals surface area contributed by atoms with Crippen LogP contribution in [0.15, 0.2) is 48.5 Å². The molecule has 2 aromatic rings. The van der Waals surface area contributed by atoms with Gasteiger partial charge in [-0.15, -0.1) is 0 Å². The molecule has 3 amide bonds. The molecule has 0 unspecified atom stereocenters. The molecule has 0 aliphatic carbocycles. The lowest BCUT2D eigenvalue weighted by Crippen LogP contribution is -2.53. The number of carbonyl (C=O) groups excluding carboxylic acids is 3. The average molecular weight is 547 g/mol. The Labute approximate surface area is 227 Å². The number of carboxylic acids is 1. The minimum Gasteiger partial charge on any atom is -0.491 e. The number of primary amides is 1. The predicted octanol–water partition coefficient (Wildman–Crippen LogP) is 2.27. The van der Waals surface area contributed by atoms with Crippen molar-refractivity contribution in [3.05, 3.63) is 64.7 Å². The third kappa shape index (κ3) is 9.68. The molecule has 0 heterocycles. The molecule has 0 spiro atoms. The van der Waals surface area contributed by atoms with Crippen molar-refractivity contribution < 1.29 is 29.0 Å². The highest BCUT2D eigenvalue weighted by Gasteiger charge is 2.30. The van der Waals surface area contributed by atoms with Crippen molar-refractivity contribution in [2.75, 3.05) is 6.61 Å². The van der Waals surface area contributed by atoms with Crippen molar-refractivity contribution in [2.24, 2.45) is 17.4 Å². The maximum Gasteiger partial charge on any atom is 0.326 e. The van der Waals surface area contributed by atoms with Crippen LogP contribution in [-0.4, -0.2) is 53.5 Å². The van der Waals surface area contributed by atoms with Crippen LogP contribution in [0.1, 0.15) is 49.0 Å². The summed E-state index contributed by atoms with van der Waals surface area (Å²) in [6, 6.07) is 11.4. The molecule has 11 heteroatoms. The molecule has 0 aromatic heterocycles.